The first-order valence-corrected chi connectivity index (χ1v) is 11.0. The Bertz CT molecular complexity index is 1110. The molecule has 0 fully saturated rings. The van der Waals surface area contributed by atoms with Crippen LogP contribution in [0.25, 0.3) is 0 Å². The molecule has 0 heterocycles. The summed E-state index contributed by atoms with van der Waals surface area (Å²) in [7, 11) is 0. The molecule has 0 aliphatic carbocycles. The van der Waals surface area contributed by atoms with Crippen molar-refractivity contribution in [2.24, 2.45) is 5.73 Å². The first kappa shape index (κ1) is 24.5. The average Bonchev–Trinajstić information content (AvgIpc) is 2.83. The second-order valence-corrected chi connectivity index (χ2v) is 7.87. The molecule has 3 aromatic rings. The normalized spacial score (nSPS) is 10.5. The SMILES string of the molecule is NC(=O)CCc1ccc(OC(=O)CCc2ccc(OC(=O)CCc3ccc(O)cc3)cc2)cc1. The van der Waals surface area contributed by atoms with Gasteiger partial charge in [0, 0.05) is 19.3 Å². The minimum atomic E-state index is -0.354. The Morgan fingerprint density at radius 1 is 0.588 bits per heavy atom. The van der Waals surface area contributed by atoms with E-state index in [0.29, 0.717) is 30.8 Å². The highest BCUT2D eigenvalue weighted by molar-refractivity contribution is 5.74. The molecule has 0 radical (unpaired) electrons. The third kappa shape index (κ3) is 8.43. The molecule has 1 amide bonds. The topological polar surface area (TPSA) is 116 Å². The minimum Gasteiger partial charge on any atom is -0.508 e. The number of aryl methyl sites for hydroxylation is 3. The smallest absolute Gasteiger partial charge is 0.311 e. The number of hydrogen-bond acceptors (Lipinski definition) is 6. The zero-order valence-electron chi connectivity index (χ0n) is 18.7. The van der Waals surface area contributed by atoms with Gasteiger partial charge in [0.1, 0.15) is 17.2 Å². The highest BCUT2D eigenvalue weighted by Gasteiger charge is 2.09. The first-order valence-electron chi connectivity index (χ1n) is 11.0. The Morgan fingerprint density at radius 3 is 1.32 bits per heavy atom. The lowest BCUT2D eigenvalue weighted by atomic mass is 10.1. The van der Waals surface area contributed by atoms with Crippen molar-refractivity contribution < 1.29 is 29.0 Å². The zero-order chi connectivity index (χ0) is 24.3. The fourth-order valence-corrected chi connectivity index (χ4v) is 3.24. The van der Waals surface area contributed by atoms with Crippen molar-refractivity contribution in [3.8, 4) is 17.2 Å². The van der Waals surface area contributed by atoms with Crippen LogP contribution in [0.2, 0.25) is 0 Å². The number of amides is 1. The number of primary amides is 1. The minimum absolute atomic E-state index is 0.187. The van der Waals surface area contributed by atoms with E-state index < -0.39 is 0 Å². The molecular formula is C27H27NO6. The highest BCUT2D eigenvalue weighted by Crippen LogP contribution is 2.17. The van der Waals surface area contributed by atoms with E-state index in [0.717, 1.165) is 16.7 Å². The summed E-state index contributed by atoms with van der Waals surface area (Å²) in [4.78, 5) is 35.0. The number of carbonyl (C=O) groups excluding carboxylic acids is 3. The van der Waals surface area contributed by atoms with Crippen LogP contribution in [0, 0.1) is 0 Å². The lowest BCUT2D eigenvalue weighted by molar-refractivity contribution is -0.135. The highest BCUT2D eigenvalue weighted by atomic mass is 16.5. The third-order valence-electron chi connectivity index (χ3n) is 5.14. The van der Waals surface area contributed by atoms with Crippen LogP contribution in [0.4, 0.5) is 0 Å². The van der Waals surface area contributed by atoms with E-state index in [1.807, 2.05) is 12.1 Å². The van der Waals surface area contributed by atoms with Crippen molar-refractivity contribution in [1.29, 1.82) is 0 Å². The average molecular weight is 462 g/mol. The number of benzene rings is 3. The molecular weight excluding hydrogens is 434 g/mol. The van der Waals surface area contributed by atoms with Crippen molar-refractivity contribution in [2.45, 2.75) is 38.5 Å². The summed E-state index contributed by atoms with van der Waals surface area (Å²) in [5, 5.41) is 9.30. The van der Waals surface area contributed by atoms with Crippen LogP contribution in [-0.2, 0) is 33.6 Å². The molecule has 0 aromatic heterocycles. The Labute approximate surface area is 198 Å². The molecule has 0 saturated heterocycles. The number of rotatable bonds is 11. The molecule has 0 spiro atoms. The standard InChI is InChI=1S/C27H27NO6/c28-25(30)16-7-20-3-12-23(13-4-20)33-27(32)18-9-21-5-14-24(15-6-21)34-26(31)17-8-19-1-10-22(29)11-2-19/h1-6,10-15,29H,7-9,16-18H2,(H2,28,30). The summed E-state index contributed by atoms with van der Waals surface area (Å²) in [6, 6.07) is 20.7. The van der Waals surface area contributed by atoms with E-state index in [2.05, 4.69) is 0 Å². The van der Waals surface area contributed by atoms with Crippen molar-refractivity contribution in [3.05, 3.63) is 89.5 Å². The van der Waals surface area contributed by atoms with Gasteiger partial charge in [0.2, 0.25) is 5.91 Å². The van der Waals surface area contributed by atoms with Crippen LogP contribution >= 0.6 is 0 Å². The fourth-order valence-electron chi connectivity index (χ4n) is 3.24. The second kappa shape index (κ2) is 12.2. The molecule has 0 saturated carbocycles. The van der Waals surface area contributed by atoms with E-state index in [1.54, 1.807) is 60.7 Å². The molecule has 0 aliphatic heterocycles. The van der Waals surface area contributed by atoms with Crippen LogP contribution in [0.15, 0.2) is 72.8 Å². The number of ether oxygens (including phenoxy) is 2. The van der Waals surface area contributed by atoms with Crippen molar-refractivity contribution in [1.82, 2.24) is 0 Å². The Morgan fingerprint density at radius 2 is 0.941 bits per heavy atom. The molecule has 3 aromatic carbocycles. The summed E-state index contributed by atoms with van der Waals surface area (Å²) in [5.41, 5.74) is 7.95. The van der Waals surface area contributed by atoms with Crippen LogP contribution in [-0.4, -0.2) is 23.0 Å². The molecule has 176 valence electrons. The molecule has 34 heavy (non-hydrogen) atoms. The summed E-state index contributed by atoms with van der Waals surface area (Å²) >= 11 is 0. The van der Waals surface area contributed by atoms with Gasteiger partial charge in [-0.3, -0.25) is 14.4 Å². The van der Waals surface area contributed by atoms with Crippen molar-refractivity contribution in [2.75, 3.05) is 0 Å². The number of esters is 2. The molecule has 7 nitrogen and oxygen atoms in total. The van der Waals surface area contributed by atoms with Crippen LogP contribution in [0.1, 0.15) is 36.0 Å². The Hall–Kier alpha value is -4.13. The van der Waals surface area contributed by atoms with Gasteiger partial charge in [-0.2, -0.15) is 0 Å². The van der Waals surface area contributed by atoms with E-state index in [1.165, 1.54) is 0 Å². The fraction of sp³-hybridized carbons (Fsp3) is 0.222. The summed E-state index contributed by atoms with van der Waals surface area (Å²) in [6.45, 7) is 0. The number of phenols is 1. The second-order valence-electron chi connectivity index (χ2n) is 7.87. The van der Waals surface area contributed by atoms with Crippen LogP contribution < -0.4 is 15.2 Å². The van der Waals surface area contributed by atoms with E-state index >= 15 is 0 Å². The van der Waals surface area contributed by atoms with Gasteiger partial charge in [-0.1, -0.05) is 36.4 Å². The lowest BCUT2D eigenvalue weighted by Gasteiger charge is -2.07. The largest absolute Gasteiger partial charge is 0.508 e. The Balaban J connectivity index is 1.39. The predicted octanol–water partition coefficient (Wildman–Crippen LogP) is 3.89. The molecule has 3 N–H and O–H groups in total. The zero-order valence-corrected chi connectivity index (χ0v) is 18.7. The van der Waals surface area contributed by atoms with Gasteiger partial charge in [-0.25, -0.2) is 0 Å². The van der Waals surface area contributed by atoms with Gasteiger partial charge < -0.3 is 20.3 Å². The molecule has 0 bridgehead atoms. The Kier molecular flexibility index (Phi) is 8.80. The predicted molar refractivity (Wildman–Crippen MR) is 126 cm³/mol. The number of phenolic OH excluding ortho intramolecular Hbond substituents is 1. The van der Waals surface area contributed by atoms with Gasteiger partial charge in [0.25, 0.3) is 0 Å². The summed E-state index contributed by atoms with van der Waals surface area (Å²) in [6.07, 6.45) is 2.27. The molecule has 3 rings (SSSR count). The number of hydrogen-bond donors (Lipinski definition) is 2. The quantitative estimate of drug-likeness (QED) is 0.331. The summed E-state index contributed by atoms with van der Waals surface area (Å²) < 4.78 is 10.7. The van der Waals surface area contributed by atoms with Gasteiger partial charge in [-0.05, 0) is 72.4 Å². The molecule has 0 aliphatic rings. The maximum atomic E-state index is 12.1. The van der Waals surface area contributed by atoms with Gasteiger partial charge in [-0.15, -0.1) is 0 Å². The van der Waals surface area contributed by atoms with E-state index in [-0.39, 0.29) is 42.9 Å². The van der Waals surface area contributed by atoms with Crippen LogP contribution in [0.3, 0.4) is 0 Å². The molecule has 0 unspecified atom stereocenters. The van der Waals surface area contributed by atoms with Crippen molar-refractivity contribution in [3.63, 3.8) is 0 Å². The lowest BCUT2D eigenvalue weighted by Crippen LogP contribution is -2.11. The maximum Gasteiger partial charge on any atom is 0.311 e. The van der Waals surface area contributed by atoms with E-state index in [9.17, 15) is 19.5 Å². The van der Waals surface area contributed by atoms with Crippen molar-refractivity contribution >= 4 is 17.8 Å². The first-order chi connectivity index (χ1) is 16.4. The van der Waals surface area contributed by atoms with Gasteiger partial charge in [0.05, 0.1) is 0 Å². The summed E-state index contributed by atoms with van der Waals surface area (Å²) in [5.74, 6) is 0.0277. The number of nitrogens with two attached hydrogens (primary N) is 1. The van der Waals surface area contributed by atoms with Gasteiger partial charge >= 0.3 is 11.9 Å². The molecule has 7 heteroatoms. The third-order valence-corrected chi connectivity index (χ3v) is 5.14. The molecule has 0 atom stereocenters. The van der Waals surface area contributed by atoms with Gasteiger partial charge in [0.15, 0.2) is 0 Å². The van der Waals surface area contributed by atoms with E-state index in [4.69, 9.17) is 15.2 Å². The number of carbonyl (C=O) groups is 3. The van der Waals surface area contributed by atoms with Crippen LogP contribution in [0.5, 0.6) is 17.2 Å². The maximum absolute atomic E-state index is 12.1. The number of aromatic hydroxyl groups is 1. The monoisotopic (exact) mass is 461 g/mol.